The van der Waals surface area contributed by atoms with Gasteiger partial charge in [0.1, 0.15) is 0 Å². The monoisotopic (exact) mass is 181 g/mol. The Morgan fingerprint density at radius 3 is 2.85 bits per heavy atom. The molecule has 0 saturated carbocycles. The lowest BCUT2D eigenvalue weighted by molar-refractivity contribution is 0.405. The van der Waals surface area contributed by atoms with E-state index < -0.39 is 0 Å². The van der Waals surface area contributed by atoms with E-state index in [-0.39, 0.29) is 0 Å². The van der Waals surface area contributed by atoms with Crippen LogP contribution in [0, 0.1) is 6.92 Å². The first kappa shape index (κ1) is 10.3. The molecule has 0 saturated heterocycles. The van der Waals surface area contributed by atoms with E-state index in [0.717, 1.165) is 12.2 Å². The Morgan fingerprint density at radius 1 is 1.62 bits per heavy atom. The summed E-state index contributed by atoms with van der Waals surface area (Å²) >= 11 is 0. The molecule has 0 aliphatic heterocycles. The first-order chi connectivity index (χ1) is 6.27. The molecular weight excluding hydrogens is 162 g/mol. The van der Waals surface area contributed by atoms with Crippen molar-refractivity contribution in [2.24, 2.45) is 0 Å². The Hall–Kier alpha value is -0.830. The van der Waals surface area contributed by atoms with Gasteiger partial charge < -0.3 is 5.32 Å². The fourth-order valence-corrected chi connectivity index (χ4v) is 1.53. The van der Waals surface area contributed by atoms with Crippen LogP contribution in [0.3, 0.4) is 0 Å². The van der Waals surface area contributed by atoms with E-state index in [1.54, 1.807) is 0 Å². The second-order valence-electron chi connectivity index (χ2n) is 3.44. The van der Waals surface area contributed by atoms with Gasteiger partial charge in [-0.05, 0) is 26.5 Å². The topological polar surface area (TPSA) is 29.9 Å². The van der Waals surface area contributed by atoms with Gasteiger partial charge in [0, 0.05) is 12.7 Å². The van der Waals surface area contributed by atoms with E-state index in [0.29, 0.717) is 6.04 Å². The number of hydrogen-bond acceptors (Lipinski definition) is 2. The zero-order chi connectivity index (χ0) is 9.68. The minimum Gasteiger partial charge on any atom is -0.318 e. The highest BCUT2D eigenvalue weighted by molar-refractivity contribution is 4.96. The van der Waals surface area contributed by atoms with Crippen LogP contribution < -0.4 is 5.32 Å². The van der Waals surface area contributed by atoms with Crippen LogP contribution in [-0.4, -0.2) is 23.4 Å². The molecule has 1 aromatic heterocycles. The molecule has 1 atom stereocenters. The Morgan fingerprint density at radius 2 is 2.38 bits per heavy atom. The van der Waals surface area contributed by atoms with Gasteiger partial charge in [0.05, 0.1) is 11.7 Å². The summed E-state index contributed by atoms with van der Waals surface area (Å²) in [6.45, 7) is 5.23. The lowest BCUT2D eigenvalue weighted by Crippen LogP contribution is -2.22. The van der Waals surface area contributed by atoms with Gasteiger partial charge >= 0.3 is 0 Å². The van der Waals surface area contributed by atoms with Gasteiger partial charge in [0.15, 0.2) is 0 Å². The van der Waals surface area contributed by atoms with Crippen LogP contribution in [0.4, 0.5) is 0 Å². The molecule has 0 radical (unpaired) electrons. The molecule has 1 unspecified atom stereocenters. The summed E-state index contributed by atoms with van der Waals surface area (Å²) in [5, 5.41) is 7.62. The SMILES string of the molecule is CCCC(CNC)n1ccc(C)n1. The van der Waals surface area contributed by atoms with Crippen molar-refractivity contribution in [2.45, 2.75) is 32.7 Å². The van der Waals surface area contributed by atoms with Crippen molar-refractivity contribution in [3.05, 3.63) is 18.0 Å². The number of aryl methyl sites for hydroxylation is 1. The predicted octanol–water partition coefficient (Wildman–Crippen LogP) is 1.75. The largest absolute Gasteiger partial charge is 0.318 e. The van der Waals surface area contributed by atoms with E-state index in [1.165, 1.54) is 12.8 Å². The highest BCUT2D eigenvalue weighted by atomic mass is 15.3. The average molecular weight is 181 g/mol. The third-order valence-electron chi connectivity index (χ3n) is 2.18. The van der Waals surface area contributed by atoms with Crippen LogP contribution in [0.25, 0.3) is 0 Å². The number of nitrogens with zero attached hydrogens (tertiary/aromatic N) is 2. The molecule has 0 aliphatic rings. The second kappa shape index (κ2) is 5.02. The molecule has 0 bridgehead atoms. The van der Waals surface area contributed by atoms with Gasteiger partial charge in [0.2, 0.25) is 0 Å². The van der Waals surface area contributed by atoms with Crippen LogP contribution >= 0.6 is 0 Å². The van der Waals surface area contributed by atoms with Gasteiger partial charge in [-0.3, -0.25) is 4.68 Å². The lowest BCUT2D eigenvalue weighted by Gasteiger charge is -2.15. The van der Waals surface area contributed by atoms with E-state index in [9.17, 15) is 0 Å². The van der Waals surface area contributed by atoms with Crippen LogP contribution in [-0.2, 0) is 0 Å². The summed E-state index contributed by atoms with van der Waals surface area (Å²) in [6.07, 6.45) is 4.44. The van der Waals surface area contributed by atoms with Gasteiger partial charge in [-0.15, -0.1) is 0 Å². The first-order valence-electron chi connectivity index (χ1n) is 4.94. The smallest absolute Gasteiger partial charge is 0.0643 e. The Labute approximate surface area is 80.1 Å². The van der Waals surface area contributed by atoms with Crippen molar-refractivity contribution < 1.29 is 0 Å². The number of rotatable bonds is 5. The number of aromatic nitrogens is 2. The van der Waals surface area contributed by atoms with Crippen LogP contribution in [0.1, 0.15) is 31.5 Å². The Bertz CT molecular complexity index is 236. The molecule has 0 aliphatic carbocycles. The third-order valence-corrected chi connectivity index (χ3v) is 2.18. The molecule has 0 fully saturated rings. The van der Waals surface area contributed by atoms with Crippen LogP contribution in [0.15, 0.2) is 12.3 Å². The molecule has 1 heterocycles. The fraction of sp³-hybridized carbons (Fsp3) is 0.700. The normalized spacial score (nSPS) is 13.2. The Balaban J connectivity index is 2.63. The van der Waals surface area contributed by atoms with E-state index in [4.69, 9.17) is 0 Å². The summed E-state index contributed by atoms with van der Waals surface area (Å²) in [6, 6.07) is 2.56. The molecule has 1 rings (SSSR count). The summed E-state index contributed by atoms with van der Waals surface area (Å²) < 4.78 is 2.06. The van der Waals surface area contributed by atoms with Crippen molar-refractivity contribution in [3.8, 4) is 0 Å². The molecule has 0 spiro atoms. The minimum atomic E-state index is 0.503. The highest BCUT2D eigenvalue weighted by Crippen LogP contribution is 2.11. The van der Waals surface area contributed by atoms with Crippen LogP contribution in [0.2, 0.25) is 0 Å². The molecule has 3 nitrogen and oxygen atoms in total. The molecule has 74 valence electrons. The third kappa shape index (κ3) is 2.84. The maximum absolute atomic E-state index is 4.42. The minimum absolute atomic E-state index is 0.503. The van der Waals surface area contributed by atoms with E-state index in [2.05, 4.69) is 34.3 Å². The molecule has 1 aromatic rings. The van der Waals surface area contributed by atoms with Gasteiger partial charge in [-0.2, -0.15) is 5.10 Å². The quantitative estimate of drug-likeness (QED) is 0.750. The summed E-state index contributed by atoms with van der Waals surface area (Å²) in [5.74, 6) is 0. The van der Waals surface area contributed by atoms with Gasteiger partial charge in [0.25, 0.3) is 0 Å². The highest BCUT2D eigenvalue weighted by Gasteiger charge is 2.08. The second-order valence-corrected chi connectivity index (χ2v) is 3.44. The first-order valence-corrected chi connectivity index (χ1v) is 4.94. The zero-order valence-electron chi connectivity index (χ0n) is 8.75. The molecule has 0 aromatic carbocycles. The Kier molecular flexibility index (Phi) is 3.96. The summed E-state index contributed by atoms with van der Waals surface area (Å²) in [5.41, 5.74) is 1.09. The molecule has 0 amide bonds. The average Bonchev–Trinajstić information content (AvgIpc) is 2.51. The van der Waals surface area contributed by atoms with Crippen molar-refractivity contribution in [2.75, 3.05) is 13.6 Å². The van der Waals surface area contributed by atoms with Gasteiger partial charge in [-0.25, -0.2) is 0 Å². The maximum Gasteiger partial charge on any atom is 0.0643 e. The molecule has 3 heteroatoms. The van der Waals surface area contributed by atoms with Crippen LogP contribution in [0.5, 0.6) is 0 Å². The fourth-order valence-electron chi connectivity index (χ4n) is 1.53. The van der Waals surface area contributed by atoms with E-state index >= 15 is 0 Å². The van der Waals surface area contributed by atoms with Crippen molar-refractivity contribution in [1.82, 2.24) is 15.1 Å². The van der Waals surface area contributed by atoms with Gasteiger partial charge in [-0.1, -0.05) is 13.3 Å². The summed E-state index contributed by atoms with van der Waals surface area (Å²) in [4.78, 5) is 0. The molecule has 13 heavy (non-hydrogen) atoms. The summed E-state index contributed by atoms with van der Waals surface area (Å²) in [7, 11) is 1.99. The number of nitrogens with one attached hydrogen (secondary N) is 1. The number of likely N-dealkylation sites (N-methyl/N-ethyl adjacent to an activating group) is 1. The number of hydrogen-bond donors (Lipinski definition) is 1. The maximum atomic E-state index is 4.42. The molecule has 1 N–H and O–H groups in total. The van der Waals surface area contributed by atoms with Crippen molar-refractivity contribution in [3.63, 3.8) is 0 Å². The lowest BCUT2D eigenvalue weighted by atomic mass is 10.2. The zero-order valence-corrected chi connectivity index (χ0v) is 8.75. The van der Waals surface area contributed by atoms with E-state index in [1.807, 2.05) is 14.0 Å². The molecular formula is C10H19N3. The van der Waals surface area contributed by atoms with Crippen molar-refractivity contribution >= 4 is 0 Å². The standard InChI is InChI=1S/C10H19N3/c1-4-5-10(8-11-3)13-7-6-9(2)12-13/h6-7,10-11H,4-5,8H2,1-3H3. The van der Waals surface area contributed by atoms with Crippen molar-refractivity contribution in [1.29, 1.82) is 0 Å². The predicted molar refractivity (Wildman–Crippen MR) is 54.8 cm³/mol.